The van der Waals surface area contributed by atoms with Crippen molar-refractivity contribution in [2.24, 2.45) is 0 Å². The number of anilines is 3. The third-order valence-electron chi connectivity index (χ3n) is 5.42. The molecule has 0 spiro atoms. The number of piperidine rings is 1. The summed E-state index contributed by atoms with van der Waals surface area (Å²) in [6.45, 7) is 3.97. The molecule has 6 heteroatoms. The van der Waals surface area contributed by atoms with Gasteiger partial charge in [-0.1, -0.05) is 0 Å². The lowest BCUT2D eigenvalue weighted by molar-refractivity contribution is 0.400. The molecule has 0 saturated carbocycles. The monoisotopic (exact) mass is 349 g/mol. The number of nitriles is 1. The van der Waals surface area contributed by atoms with Crippen molar-refractivity contribution in [2.45, 2.75) is 25.3 Å². The molecule has 134 valence electrons. The zero-order chi connectivity index (χ0) is 18.3. The lowest BCUT2D eigenvalue weighted by Gasteiger charge is -2.31. The molecule has 1 saturated heterocycles. The molecule has 2 aliphatic heterocycles. The van der Waals surface area contributed by atoms with Crippen molar-refractivity contribution in [3.8, 4) is 11.9 Å². The number of hydrogen-bond donors (Lipinski definition) is 2. The Morgan fingerprint density at radius 1 is 1.38 bits per heavy atom. The molecule has 0 radical (unpaired) electrons. The summed E-state index contributed by atoms with van der Waals surface area (Å²) < 4.78 is 5.37. The van der Waals surface area contributed by atoms with Crippen LogP contribution in [0.5, 0.6) is 5.88 Å². The topological polar surface area (TPSA) is 73.2 Å². The summed E-state index contributed by atoms with van der Waals surface area (Å²) in [6.07, 6.45) is 2.87. The van der Waals surface area contributed by atoms with Crippen LogP contribution in [-0.4, -0.2) is 38.3 Å². The van der Waals surface area contributed by atoms with Gasteiger partial charge in [0.05, 0.1) is 18.4 Å². The number of fused-ring (bicyclic) bond motifs is 3. The lowest BCUT2D eigenvalue weighted by Crippen LogP contribution is -2.42. The minimum Gasteiger partial charge on any atom is -0.480 e. The van der Waals surface area contributed by atoms with Gasteiger partial charge in [-0.25, -0.2) is 4.98 Å². The van der Waals surface area contributed by atoms with E-state index < -0.39 is 0 Å². The van der Waals surface area contributed by atoms with Crippen molar-refractivity contribution in [2.75, 3.05) is 37.5 Å². The van der Waals surface area contributed by atoms with Crippen molar-refractivity contribution in [1.29, 1.82) is 5.26 Å². The molecule has 0 aliphatic carbocycles. The first-order valence-corrected chi connectivity index (χ1v) is 8.91. The van der Waals surface area contributed by atoms with Crippen molar-refractivity contribution in [3.63, 3.8) is 0 Å². The fraction of sp³-hybridized carbons (Fsp3) is 0.400. The first-order chi connectivity index (χ1) is 12.6. The van der Waals surface area contributed by atoms with Gasteiger partial charge in [0.2, 0.25) is 5.88 Å². The first-order valence-electron chi connectivity index (χ1n) is 8.91. The van der Waals surface area contributed by atoms with Crippen LogP contribution in [0.15, 0.2) is 24.4 Å². The number of hydrogen-bond acceptors (Lipinski definition) is 6. The second kappa shape index (κ2) is 6.50. The van der Waals surface area contributed by atoms with Crippen LogP contribution in [0.2, 0.25) is 0 Å². The molecule has 2 N–H and O–H groups in total. The van der Waals surface area contributed by atoms with Gasteiger partial charge in [0.25, 0.3) is 0 Å². The molecule has 0 unspecified atom stereocenters. The Kier molecular flexibility index (Phi) is 4.17. The Labute approximate surface area is 153 Å². The zero-order valence-corrected chi connectivity index (χ0v) is 15.3. The number of aryl methyl sites for hydroxylation is 1. The van der Waals surface area contributed by atoms with Crippen molar-refractivity contribution in [1.82, 2.24) is 10.3 Å². The number of nitrogens with one attached hydrogen (secondary N) is 2. The largest absolute Gasteiger partial charge is 0.480 e. The number of ether oxygens (including phenoxy) is 1. The number of aromatic nitrogens is 1. The smallest absolute Gasteiger partial charge is 0.237 e. The molecule has 0 amide bonds. The minimum atomic E-state index is 0.412. The van der Waals surface area contributed by atoms with E-state index in [1.165, 1.54) is 5.56 Å². The van der Waals surface area contributed by atoms with Crippen molar-refractivity contribution >= 4 is 17.1 Å². The van der Waals surface area contributed by atoms with E-state index >= 15 is 0 Å². The second-order valence-corrected chi connectivity index (χ2v) is 7.05. The molecule has 1 aromatic heterocycles. The standard InChI is InChI=1S/C20H23N5O/c1-12-6-17(20(26-3)23-10-12)24-14-7-13(9-21)19-15(8-14)16-11-22-5-4-18(16)25(19)2/h6-8,10,16,18,22,24H,4-5,11H2,1-3H3/t16-,18-/m0/s1. The van der Waals surface area contributed by atoms with E-state index in [2.05, 4.69) is 39.7 Å². The molecular formula is C20H23N5O. The third kappa shape index (κ3) is 2.65. The molecule has 2 aromatic rings. The maximum atomic E-state index is 9.73. The van der Waals surface area contributed by atoms with E-state index in [1.54, 1.807) is 13.3 Å². The average Bonchev–Trinajstić information content (AvgIpc) is 2.94. The van der Waals surface area contributed by atoms with Crippen molar-refractivity contribution in [3.05, 3.63) is 41.1 Å². The second-order valence-electron chi connectivity index (χ2n) is 7.05. The van der Waals surface area contributed by atoms with Crippen LogP contribution in [-0.2, 0) is 0 Å². The number of pyridine rings is 1. The number of rotatable bonds is 3. The number of likely N-dealkylation sites (N-methyl/N-ethyl adjacent to an activating group) is 1. The summed E-state index contributed by atoms with van der Waals surface area (Å²) in [5.74, 6) is 0.957. The van der Waals surface area contributed by atoms with Gasteiger partial charge >= 0.3 is 0 Å². The Hall–Kier alpha value is -2.78. The number of nitrogens with zero attached hydrogens (tertiary/aromatic N) is 3. The summed E-state index contributed by atoms with van der Waals surface area (Å²) in [5.41, 5.74) is 5.77. The fourth-order valence-electron chi connectivity index (χ4n) is 4.25. The fourth-order valence-corrected chi connectivity index (χ4v) is 4.25. The molecule has 1 fully saturated rings. The summed E-state index contributed by atoms with van der Waals surface area (Å²) in [4.78, 5) is 6.61. The summed E-state index contributed by atoms with van der Waals surface area (Å²) >= 11 is 0. The molecule has 6 nitrogen and oxygen atoms in total. The Balaban J connectivity index is 1.77. The van der Waals surface area contributed by atoms with Gasteiger partial charge < -0.3 is 20.3 Å². The molecular weight excluding hydrogens is 326 g/mol. The Morgan fingerprint density at radius 2 is 2.23 bits per heavy atom. The van der Waals surface area contributed by atoms with E-state index in [0.29, 0.717) is 23.4 Å². The molecule has 1 aromatic carbocycles. The molecule has 4 rings (SSSR count). The van der Waals surface area contributed by atoms with Gasteiger partial charge in [0, 0.05) is 37.4 Å². The highest BCUT2D eigenvalue weighted by Gasteiger charge is 2.39. The van der Waals surface area contributed by atoms with Crippen LogP contribution in [0.25, 0.3) is 0 Å². The Bertz CT molecular complexity index is 889. The van der Waals surface area contributed by atoms with E-state index in [0.717, 1.165) is 42.1 Å². The minimum absolute atomic E-state index is 0.412. The van der Waals surface area contributed by atoms with Gasteiger partial charge in [0.15, 0.2) is 0 Å². The molecule has 2 atom stereocenters. The predicted molar refractivity (Wildman–Crippen MR) is 102 cm³/mol. The van der Waals surface area contributed by atoms with Gasteiger partial charge in [0.1, 0.15) is 11.8 Å². The number of methoxy groups -OCH3 is 1. The highest BCUT2D eigenvalue weighted by molar-refractivity contribution is 5.77. The zero-order valence-electron chi connectivity index (χ0n) is 15.3. The summed E-state index contributed by atoms with van der Waals surface area (Å²) in [6, 6.07) is 8.94. The normalized spacial score (nSPS) is 20.9. The molecule has 2 aliphatic rings. The summed E-state index contributed by atoms with van der Waals surface area (Å²) in [7, 11) is 3.72. The third-order valence-corrected chi connectivity index (χ3v) is 5.42. The SMILES string of the molecule is COc1ncc(C)cc1Nc1cc(C#N)c2c(c1)[C@@H]1CNCC[C@@H]1N2C. The first kappa shape index (κ1) is 16.7. The van der Waals surface area contributed by atoms with Crippen LogP contribution in [0, 0.1) is 18.3 Å². The summed E-state index contributed by atoms with van der Waals surface area (Å²) in [5, 5.41) is 16.6. The molecule has 0 bridgehead atoms. The average molecular weight is 349 g/mol. The van der Waals surface area contributed by atoms with Crippen LogP contribution >= 0.6 is 0 Å². The van der Waals surface area contributed by atoms with E-state index in [-0.39, 0.29) is 0 Å². The van der Waals surface area contributed by atoms with Gasteiger partial charge in [-0.2, -0.15) is 5.26 Å². The van der Waals surface area contributed by atoms with E-state index in [1.807, 2.05) is 19.1 Å². The Morgan fingerprint density at radius 3 is 3.00 bits per heavy atom. The van der Waals surface area contributed by atoms with Gasteiger partial charge in [-0.05, 0) is 49.2 Å². The van der Waals surface area contributed by atoms with Crippen LogP contribution in [0.3, 0.4) is 0 Å². The van der Waals surface area contributed by atoms with Crippen molar-refractivity contribution < 1.29 is 4.74 Å². The van der Waals surface area contributed by atoms with Crippen LogP contribution in [0.4, 0.5) is 17.1 Å². The lowest BCUT2D eigenvalue weighted by atomic mass is 9.89. The van der Waals surface area contributed by atoms with E-state index in [9.17, 15) is 5.26 Å². The quantitative estimate of drug-likeness (QED) is 0.888. The van der Waals surface area contributed by atoms with E-state index in [4.69, 9.17) is 4.74 Å². The maximum Gasteiger partial charge on any atom is 0.237 e. The van der Waals surface area contributed by atoms with Crippen LogP contribution < -0.4 is 20.3 Å². The molecule has 3 heterocycles. The highest BCUT2D eigenvalue weighted by atomic mass is 16.5. The molecule has 26 heavy (non-hydrogen) atoms. The predicted octanol–water partition coefficient (Wildman–Crippen LogP) is 2.91. The van der Waals surface area contributed by atoms with Gasteiger partial charge in [-0.15, -0.1) is 0 Å². The maximum absolute atomic E-state index is 9.73. The highest BCUT2D eigenvalue weighted by Crippen LogP contribution is 2.46. The van der Waals surface area contributed by atoms with Gasteiger partial charge in [-0.3, -0.25) is 0 Å². The van der Waals surface area contributed by atoms with Crippen LogP contribution in [0.1, 0.15) is 29.0 Å². The number of benzene rings is 1.